The molecule has 0 radical (unpaired) electrons. The van der Waals surface area contributed by atoms with Crippen molar-refractivity contribution in [2.75, 3.05) is 19.7 Å². The molecule has 1 aromatic carbocycles. The number of morpholine rings is 1. The predicted octanol–water partition coefficient (Wildman–Crippen LogP) is 1.78. The summed E-state index contributed by atoms with van der Waals surface area (Å²) in [5.74, 6) is -1.13. The number of hydrogen-bond donors (Lipinski definition) is 1. The van der Waals surface area contributed by atoms with Crippen molar-refractivity contribution in [2.24, 2.45) is 0 Å². The number of aromatic carboxylic acids is 1. The van der Waals surface area contributed by atoms with E-state index in [-0.39, 0.29) is 17.1 Å². The molecule has 1 amide bonds. The van der Waals surface area contributed by atoms with Crippen LogP contribution in [0.1, 0.15) is 40.0 Å². The van der Waals surface area contributed by atoms with Gasteiger partial charge in [0.1, 0.15) is 0 Å². The molecule has 1 heterocycles. The van der Waals surface area contributed by atoms with Gasteiger partial charge < -0.3 is 14.7 Å². The largest absolute Gasteiger partial charge is 0.478 e. The normalized spacial score (nSPS) is 20.5. The second-order valence-electron chi connectivity index (χ2n) is 5.50. The minimum absolute atomic E-state index is 0.109. The third-order valence-corrected chi connectivity index (χ3v) is 4.16. The number of carboxylic acids is 1. The number of carboxylic acid groups (broad SMARTS) is 1. The van der Waals surface area contributed by atoms with E-state index >= 15 is 0 Å². The van der Waals surface area contributed by atoms with Gasteiger partial charge in [-0.25, -0.2) is 4.79 Å². The van der Waals surface area contributed by atoms with Gasteiger partial charge in [-0.3, -0.25) is 4.79 Å². The number of benzene rings is 1. The Hall–Kier alpha value is -1.88. The third-order valence-electron chi connectivity index (χ3n) is 4.16. The molecule has 1 saturated carbocycles. The Balaban J connectivity index is 1.78. The second kappa shape index (κ2) is 4.90. The highest BCUT2D eigenvalue weighted by Crippen LogP contribution is 2.38. The van der Waals surface area contributed by atoms with Crippen LogP contribution in [0.4, 0.5) is 0 Å². The van der Waals surface area contributed by atoms with Gasteiger partial charge in [0, 0.05) is 12.1 Å². The van der Waals surface area contributed by atoms with Gasteiger partial charge in [0.2, 0.25) is 0 Å². The first-order valence-electron chi connectivity index (χ1n) is 6.86. The zero-order valence-corrected chi connectivity index (χ0v) is 11.2. The highest BCUT2D eigenvalue weighted by Gasteiger charge is 2.43. The van der Waals surface area contributed by atoms with E-state index in [1.165, 1.54) is 12.1 Å². The highest BCUT2D eigenvalue weighted by atomic mass is 16.5. The summed E-state index contributed by atoms with van der Waals surface area (Å²) in [4.78, 5) is 25.2. The van der Waals surface area contributed by atoms with Crippen molar-refractivity contribution in [1.82, 2.24) is 4.90 Å². The summed E-state index contributed by atoms with van der Waals surface area (Å²) >= 11 is 0. The van der Waals surface area contributed by atoms with Crippen LogP contribution >= 0.6 is 0 Å². The van der Waals surface area contributed by atoms with Crippen molar-refractivity contribution in [2.45, 2.75) is 24.9 Å². The van der Waals surface area contributed by atoms with E-state index in [1.807, 2.05) is 0 Å². The molecule has 5 heteroatoms. The maximum Gasteiger partial charge on any atom is 0.335 e. The Kier molecular flexibility index (Phi) is 3.22. The van der Waals surface area contributed by atoms with E-state index in [1.54, 1.807) is 17.0 Å². The highest BCUT2D eigenvalue weighted by molar-refractivity contribution is 5.97. The van der Waals surface area contributed by atoms with E-state index in [2.05, 4.69) is 0 Å². The molecule has 1 aliphatic carbocycles. The fourth-order valence-corrected chi connectivity index (χ4v) is 2.86. The quantitative estimate of drug-likeness (QED) is 0.893. The van der Waals surface area contributed by atoms with Crippen LogP contribution in [0.2, 0.25) is 0 Å². The van der Waals surface area contributed by atoms with Crippen LogP contribution in [0.15, 0.2) is 24.3 Å². The van der Waals surface area contributed by atoms with E-state index in [0.717, 1.165) is 19.3 Å². The molecule has 1 saturated heterocycles. The number of rotatable bonds is 2. The van der Waals surface area contributed by atoms with Gasteiger partial charge in [-0.05, 0) is 37.5 Å². The maximum atomic E-state index is 12.5. The van der Waals surface area contributed by atoms with Crippen molar-refractivity contribution in [3.8, 4) is 0 Å². The summed E-state index contributed by atoms with van der Waals surface area (Å²) < 4.78 is 5.79. The monoisotopic (exact) mass is 275 g/mol. The van der Waals surface area contributed by atoms with Crippen LogP contribution in [0, 0.1) is 0 Å². The number of carbonyl (C=O) groups is 2. The van der Waals surface area contributed by atoms with Gasteiger partial charge >= 0.3 is 5.97 Å². The van der Waals surface area contributed by atoms with Crippen molar-refractivity contribution < 1.29 is 19.4 Å². The molecule has 5 nitrogen and oxygen atoms in total. The molecule has 1 N–H and O–H groups in total. The Morgan fingerprint density at radius 1 is 1.25 bits per heavy atom. The average molecular weight is 275 g/mol. The molecule has 0 aromatic heterocycles. The summed E-state index contributed by atoms with van der Waals surface area (Å²) in [6.45, 7) is 1.74. The SMILES string of the molecule is O=C(O)c1cccc(C(=O)N2CCOC3(CCC3)C2)c1. The summed E-state index contributed by atoms with van der Waals surface area (Å²) in [7, 11) is 0. The molecule has 1 aromatic rings. The van der Waals surface area contributed by atoms with Crippen molar-refractivity contribution in [3.05, 3.63) is 35.4 Å². The first-order valence-corrected chi connectivity index (χ1v) is 6.86. The number of amides is 1. The van der Waals surface area contributed by atoms with Crippen LogP contribution in [0.25, 0.3) is 0 Å². The van der Waals surface area contributed by atoms with Crippen LogP contribution in [0.3, 0.4) is 0 Å². The van der Waals surface area contributed by atoms with Gasteiger partial charge in [-0.2, -0.15) is 0 Å². The van der Waals surface area contributed by atoms with E-state index in [9.17, 15) is 9.59 Å². The second-order valence-corrected chi connectivity index (χ2v) is 5.50. The topological polar surface area (TPSA) is 66.8 Å². The number of carbonyl (C=O) groups excluding carboxylic acids is 1. The molecule has 20 heavy (non-hydrogen) atoms. The van der Waals surface area contributed by atoms with Gasteiger partial charge in [0.05, 0.1) is 24.3 Å². The maximum absolute atomic E-state index is 12.5. The minimum atomic E-state index is -1.02. The smallest absolute Gasteiger partial charge is 0.335 e. The summed E-state index contributed by atoms with van der Waals surface area (Å²) in [5, 5.41) is 8.99. The predicted molar refractivity (Wildman–Crippen MR) is 71.8 cm³/mol. The standard InChI is InChI=1S/C15H17NO4/c17-13(11-3-1-4-12(9-11)14(18)19)16-7-8-20-15(10-16)5-2-6-15/h1,3-4,9H,2,5-8,10H2,(H,18,19). The number of nitrogens with zero attached hydrogens (tertiary/aromatic N) is 1. The minimum Gasteiger partial charge on any atom is -0.478 e. The van der Waals surface area contributed by atoms with Crippen LogP contribution < -0.4 is 0 Å². The van der Waals surface area contributed by atoms with Crippen LogP contribution in [-0.2, 0) is 4.74 Å². The van der Waals surface area contributed by atoms with Crippen molar-refractivity contribution in [1.29, 1.82) is 0 Å². The molecule has 1 spiro atoms. The fraction of sp³-hybridized carbons (Fsp3) is 0.467. The molecule has 106 valence electrons. The summed E-state index contributed by atoms with van der Waals surface area (Å²) in [5.41, 5.74) is 0.432. The van der Waals surface area contributed by atoms with Gasteiger partial charge in [-0.15, -0.1) is 0 Å². The summed E-state index contributed by atoms with van der Waals surface area (Å²) in [6.07, 6.45) is 3.16. The lowest BCUT2D eigenvalue weighted by molar-refractivity contribution is -0.142. The lowest BCUT2D eigenvalue weighted by Gasteiger charge is -2.48. The van der Waals surface area contributed by atoms with Crippen LogP contribution in [0.5, 0.6) is 0 Å². The molecule has 2 aliphatic rings. The van der Waals surface area contributed by atoms with Crippen molar-refractivity contribution in [3.63, 3.8) is 0 Å². The molecule has 0 atom stereocenters. The number of hydrogen-bond acceptors (Lipinski definition) is 3. The molecule has 0 bridgehead atoms. The lowest BCUT2D eigenvalue weighted by Crippen LogP contribution is -2.57. The van der Waals surface area contributed by atoms with Crippen molar-refractivity contribution >= 4 is 11.9 Å². The van der Waals surface area contributed by atoms with Crippen LogP contribution in [-0.4, -0.2) is 47.2 Å². The van der Waals surface area contributed by atoms with E-state index in [4.69, 9.17) is 9.84 Å². The van der Waals surface area contributed by atoms with E-state index < -0.39 is 5.97 Å². The van der Waals surface area contributed by atoms with E-state index in [0.29, 0.717) is 25.3 Å². The molecular weight excluding hydrogens is 258 g/mol. The lowest BCUT2D eigenvalue weighted by atomic mass is 9.79. The van der Waals surface area contributed by atoms with Gasteiger partial charge in [-0.1, -0.05) is 6.07 Å². The average Bonchev–Trinajstić information content (AvgIpc) is 2.45. The Labute approximate surface area is 117 Å². The third kappa shape index (κ3) is 2.29. The molecule has 1 aliphatic heterocycles. The van der Waals surface area contributed by atoms with Gasteiger partial charge in [0.15, 0.2) is 0 Å². The Bertz CT molecular complexity index is 551. The fourth-order valence-electron chi connectivity index (χ4n) is 2.86. The Morgan fingerprint density at radius 2 is 2.00 bits per heavy atom. The Morgan fingerprint density at radius 3 is 2.65 bits per heavy atom. The first kappa shape index (κ1) is 13.1. The zero-order valence-electron chi connectivity index (χ0n) is 11.2. The first-order chi connectivity index (χ1) is 9.60. The molecule has 2 fully saturated rings. The number of ether oxygens (including phenoxy) is 1. The van der Waals surface area contributed by atoms with Gasteiger partial charge in [0.25, 0.3) is 5.91 Å². The zero-order chi connectivity index (χ0) is 14.2. The molecule has 0 unspecified atom stereocenters. The molecule has 3 rings (SSSR count). The molecular formula is C15H17NO4. The summed E-state index contributed by atoms with van der Waals surface area (Å²) in [6, 6.07) is 6.20.